The summed E-state index contributed by atoms with van der Waals surface area (Å²) in [6.07, 6.45) is -3.57. The van der Waals surface area contributed by atoms with Crippen molar-refractivity contribution in [3.05, 3.63) is 0 Å². The van der Waals surface area contributed by atoms with E-state index in [9.17, 15) is 22.8 Å². The number of alkyl halides is 3. The second kappa shape index (κ2) is 4.71. The first-order valence-corrected chi connectivity index (χ1v) is 4.82. The zero-order chi connectivity index (χ0) is 12.3. The average molecular weight is 239 g/mol. The van der Waals surface area contributed by atoms with E-state index in [0.29, 0.717) is 19.4 Å². The fraction of sp³-hybridized carbons (Fsp3) is 0.778. The zero-order valence-electron chi connectivity index (χ0n) is 8.71. The Morgan fingerprint density at radius 1 is 1.44 bits per heavy atom. The average Bonchev–Trinajstić information content (AvgIpc) is 2.61. The van der Waals surface area contributed by atoms with E-state index < -0.39 is 24.8 Å². The predicted molar refractivity (Wildman–Crippen MR) is 47.4 cm³/mol. The summed E-state index contributed by atoms with van der Waals surface area (Å²) in [5.74, 6) is -1.31. The summed E-state index contributed by atoms with van der Waals surface area (Å²) < 4.78 is 39.5. The normalized spacial score (nSPS) is 21.0. The fourth-order valence-electron chi connectivity index (χ4n) is 1.64. The molecule has 4 nitrogen and oxygen atoms in total. The van der Waals surface area contributed by atoms with Gasteiger partial charge in [0.05, 0.1) is 0 Å². The highest BCUT2D eigenvalue weighted by Crippen LogP contribution is 2.20. The number of halogens is 3. The first-order valence-electron chi connectivity index (χ1n) is 4.82. The van der Waals surface area contributed by atoms with E-state index >= 15 is 0 Å². The van der Waals surface area contributed by atoms with Crippen molar-refractivity contribution in [2.75, 3.05) is 13.2 Å². The third-order valence-electron chi connectivity index (χ3n) is 2.31. The van der Waals surface area contributed by atoms with Gasteiger partial charge >= 0.3 is 12.1 Å². The molecule has 0 unspecified atom stereocenters. The van der Waals surface area contributed by atoms with Gasteiger partial charge in [0, 0.05) is 13.5 Å². The lowest BCUT2D eigenvalue weighted by Gasteiger charge is -2.21. The minimum absolute atomic E-state index is 0.327. The summed E-state index contributed by atoms with van der Waals surface area (Å²) in [4.78, 5) is 23.6. The molecule has 0 bridgehead atoms. The van der Waals surface area contributed by atoms with Crippen molar-refractivity contribution in [2.45, 2.75) is 32.0 Å². The molecule has 0 N–H and O–H groups in total. The Labute approximate surface area is 90.3 Å². The number of likely N-dealkylation sites (tertiary alicyclic amines) is 1. The third kappa shape index (κ3) is 3.39. The predicted octanol–water partition coefficient (Wildman–Crippen LogP) is 1.10. The van der Waals surface area contributed by atoms with Crippen molar-refractivity contribution in [1.29, 1.82) is 0 Å². The number of amides is 1. The third-order valence-corrected chi connectivity index (χ3v) is 2.31. The van der Waals surface area contributed by atoms with Crippen molar-refractivity contribution < 1.29 is 27.5 Å². The molecule has 0 aromatic carbocycles. The highest BCUT2D eigenvalue weighted by Gasteiger charge is 2.36. The minimum atomic E-state index is -4.53. The summed E-state index contributed by atoms with van der Waals surface area (Å²) in [5.41, 5.74) is 0. The molecule has 1 aliphatic rings. The number of hydrogen-bond acceptors (Lipinski definition) is 3. The summed E-state index contributed by atoms with van der Waals surface area (Å²) in [6, 6.07) is -0.861. The minimum Gasteiger partial charge on any atom is -0.454 e. The Morgan fingerprint density at radius 3 is 2.56 bits per heavy atom. The molecule has 1 heterocycles. The molecular weight excluding hydrogens is 227 g/mol. The van der Waals surface area contributed by atoms with Gasteiger partial charge in [-0.1, -0.05) is 0 Å². The van der Waals surface area contributed by atoms with E-state index in [4.69, 9.17) is 0 Å². The number of hydrogen-bond donors (Lipinski definition) is 0. The molecule has 92 valence electrons. The second-order valence-corrected chi connectivity index (χ2v) is 3.59. The van der Waals surface area contributed by atoms with Crippen LogP contribution in [-0.2, 0) is 14.3 Å². The van der Waals surface area contributed by atoms with Crippen LogP contribution in [0.15, 0.2) is 0 Å². The highest BCUT2D eigenvalue weighted by atomic mass is 19.4. The standard InChI is InChI=1S/C9H12F3NO3/c1-6(14)13-4-2-3-7(13)8(15)16-5-9(10,11)12/h7H,2-5H2,1H3/t7-/m0/s1. The van der Waals surface area contributed by atoms with Crippen molar-refractivity contribution in [2.24, 2.45) is 0 Å². The molecule has 0 aliphatic carbocycles. The number of rotatable bonds is 2. The van der Waals surface area contributed by atoms with Crippen LogP contribution in [0.2, 0.25) is 0 Å². The van der Waals surface area contributed by atoms with Gasteiger partial charge in [0.2, 0.25) is 5.91 Å². The fourth-order valence-corrected chi connectivity index (χ4v) is 1.64. The van der Waals surface area contributed by atoms with Crippen LogP contribution >= 0.6 is 0 Å². The van der Waals surface area contributed by atoms with Gasteiger partial charge in [-0.05, 0) is 12.8 Å². The van der Waals surface area contributed by atoms with Crippen LogP contribution < -0.4 is 0 Å². The van der Waals surface area contributed by atoms with Crippen LogP contribution in [0.3, 0.4) is 0 Å². The van der Waals surface area contributed by atoms with Gasteiger partial charge in [-0.2, -0.15) is 13.2 Å². The second-order valence-electron chi connectivity index (χ2n) is 3.59. The highest BCUT2D eigenvalue weighted by molar-refractivity contribution is 5.83. The summed E-state index contributed by atoms with van der Waals surface area (Å²) in [7, 11) is 0. The van der Waals surface area contributed by atoms with Crippen LogP contribution in [0.25, 0.3) is 0 Å². The summed E-state index contributed by atoms with van der Waals surface area (Å²) in [6.45, 7) is 0.0601. The molecule has 0 radical (unpaired) electrons. The molecule has 0 aromatic heterocycles. The van der Waals surface area contributed by atoms with E-state index in [2.05, 4.69) is 4.74 Å². The Kier molecular flexibility index (Phi) is 3.77. The van der Waals surface area contributed by atoms with Crippen LogP contribution in [-0.4, -0.2) is 42.1 Å². The van der Waals surface area contributed by atoms with Crippen LogP contribution in [0.1, 0.15) is 19.8 Å². The number of carbonyl (C=O) groups excluding carboxylic acids is 2. The lowest BCUT2D eigenvalue weighted by Crippen LogP contribution is -2.41. The Morgan fingerprint density at radius 2 is 2.06 bits per heavy atom. The van der Waals surface area contributed by atoms with Gasteiger partial charge in [-0.15, -0.1) is 0 Å². The maximum absolute atomic E-state index is 11.8. The van der Waals surface area contributed by atoms with Gasteiger partial charge in [0.15, 0.2) is 6.61 Å². The van der Waals surface area contributed by atoms with Crippen molar-refractivity contribution in [3.63, 3.8) is 0 Å². The lowest BCUT2D eigenvalue weighted by atomic mass is 10.2. The van der Waals surface area contributed by atoms with E-state index in [1.165, 1.54) is 11.8 Å². The SMILES string of the molecule is CC(=O)N1CCC[C@H]1C(=O)OCC(F)(F)F. The molecule has 0 spiro atoms. The molecule has 1 atom stereocenters. The monoisotopic (exact) mass is 239 g/mol. The van der Waals surface area contributed by atoms with E-state index in [0.717, 1.165) is 0 Å². The zero-order valence-corrected chi connectivity index (χ0v) is 8.71. The number of ether oxygens (including phenoxy) is 1. The maximum Gasteiger partial charge on any atom is 0.422 e. The summed E-state index contributed by atoms with van der Waals surface area (Å²) >= 11 is 0. The number of esters is 1. The van der Waals surface area contributed by atoms with Gasteiger partial charge in [-0.3, -0.25) is 4.79 Å². The molecular formula is C9H12F3NO3. The Bertz CT molecular complexity index is 290. The molecule has 0 aromatic rings. The first kappa shape index (κ1) is 12.8. The van der Waals surface area contributed by atoms with E-state index in [1.807, 2.05) is 0 Å². The quantitative estimate of drug-likeness (QED) is 0.678. The Balaban J connectivity index is 2.50. The van der Waals surface area contributed by atoms with Crippen LogP contribution in [0, 0.1) is 0 Å². The molecule has 7 heteroatoms. The molecule has 1 rings (SSSR count). The topological polar surface area (TPSA) is 46.6 Å². The van der Waals surface area contributed by atoms with Gasteiger partial charge < -0.3 is 9.64 Å². The van der Waals surface area contributed by atoms with Crippen molar-refractivity contribution >= 4 is 11.9 Å². The Hall–Kier alpha value is -1.27. The maximum atomic E-state index is 11.8. The lowest BCUT2D eigenvalue weighted by molar-refractivity contribution is -0.189. The molecule has 1 aliphatic heterocycles. The molecule has 0 saturated carbocycles. The molecule has 1 amide bonds. The molecule has 16 heavy (non-hydrogen) atoms. The number of nitrogens with zero attached hydrogens (tertiary/aromatic N) is 1. The molecule has 1 fully saturated rings. The van der Waals surface area contributed by atoms with Crippen molar-refractivity contribution in [1.82, 2.24) is 4.90 Å². The summed E-state index contributed by atoms with van der Waals surface area (Å²) in [5, 5.41) is 0. The van der Waals surface area contributed by atoms with Gasteiger partial charge in [-0.25, -0.2) is 4.79 Å². The van der Waals surface area contributed by atoms with E-state index in [-0.39, 0.29) is 5.91 Å². The van der Waals surface area contributed by atoms with E-state index in [1.54, 1.807) is 0 Å². The van der Waals surface area contributed by atoms with Crippen molar-refractivity contribution in [3.8, 4) is 0 Å². The van der Waals surface area contributed by atoms with Gasteiger partial charge in [0.1, 0.15) is 6.04 Å². The molecule has 1 saturated heterocycles. The van der Waals surface area contributed by atoms with Crippen LogP contribution in [0.5, 0.6) is 0 Å². The van der Waals surface area contributed by atoms with Crippen LogP contribution in [0.4, 0.5) is 13.2 Å². The number of carbonyl (C=O) groups is 2. The largest absolute Gasteiger partial charge is 0.454 e. The van der Waals surface area contributed by atoms with Gasteiger partial charge in [0.25, 0.3) is 0 Å². The smallest absolute Gasteiger partial charge is 0.422 e. The first-order chi connectivity index (χ1) is 7.31.